The van der Waals surface area contributed by atoms with Crippen molar-refractivity contribution >= 4 is 33.2 Å². The average molecular weight is 451 g/mol. The van der Waals surface area contributed by atoms with Gasteiger partial charge in [0.2, 0.25) is 10.0 Å². The van der Waals surface area contributed by atoms with E-state index in [0.29, 0.717) is 0 Å². The van der Waals surface area contributed by atoms with Crippen LogP contribution in [0.4, 0.5) is 5.69 Å². The molecule has 1 aliphatic rings. The Bertz CT molecular complexity index is 1020. The average Bonchev–Trinajstić information content (AvgIpc) is 2.69. The highest BCUT2D eigenvalue weighted by Gasteiger charge is 2.22. The van der Waals surface area contributed by atoms with Crippen molar-refractivity contribution in [1.29, 1.82) is 0 Å². The number of rotatable bonds is 7. The maximum Gasteiger partial charge on any atom is 0.262 e. The molecule has 0 spiro atoms. The lowest BCUT2D eigenvalue weighted by Crippen LogP contribution is -2.36. The van der Waals surface area contributed by atoms with Crippen LogP contribution < -0.4 is 14.8 Å². The number of hydrogen-bond acceptors (Lipinski definition) is 4. The zero-order chi connectivity index (χ0) is 21.7. The van der Waals surface area contributed by atoms with Crippen LogP contribution in [-0.4, -0.2) is 27.0 Å². The van der Waals surface area contributed by atoms with Gasteiger partial charge in [0.05, 0.1) is 9.92 Å². The summed E-state index contributed by atoms with van der Waals surface area (Å²) in [7, 11) is -3.65. The van der Waals surface area contributed by atoms with Crippen LogP contribution in [0.3, 0.4) is 0 Å². The normalized spacial score (nSPS) is 15.0. The minimum Gasteiger partial charge on any atom is -0.482 e. The van der Waals surface area contributed by atoms with Crippen molar-refractivity contribution in [3.63, 3.8) is 0 Å². The van der Waals surface area contributed by atoms with Crippen LogP contribution >= 0.6 is 11.6 Å². The van der Waals surface area contributed by atoms with Crippen molar-refractivity contribution in [1.82, 2.24) is 4.72 Å². The lowest BCUT2D eigenvalue weighted by molar-refractivity contribution is -0.118. The molecular weight excluding hydrogens is 424 g/mol. The van der Waals surface area contributed by atoms with Gasteiger partial charge in [-0.1, -0.05) is 48.6 Å². The molecule has 0 bridgehead atoms. The summed E-state index contributed by atoms with van der Waals surface area (Å²) in [5.74, 6) is -0.0715. The van der Waals surface area contributed by atoms with Crippen LogP contribution in [0.5, 0.6) is 5.75 Å². The van der Waals surface area contributed by atoms with Crippen LogP contribution in [0.1, 0.15) is 43.2 Å². The minimum absolute atomic E-state index is 0.0348. The monoisotopic (exact) mass is 450 g/mol. The first-order valence-electron chi connectivity index (χ1n) is 10.1. The van der Waals surface area contributed by atoms with E-state index in [1.807, 2.05) is 32.0 Å². The zero-order valence-electron chi connectivity index (χ0n) is 17.2. The third kappa shape index (κ3) is 5.97. The third-order valence-corrected chi connectivity index (χ3v) is 6.97. The molecule has 0 radical (unpaired) electrons. The van der Waals surface area contributed by atoms with Crippen LogP contribution in [0, 0.1) is 13.8 Å². The smallest absolute Gasteiger partial charge is 0.262 e. The number of benzene rings is 2. The Morgan fingerprint density at radius 2 is 1.83 bits per heavy atom. The first-order chi connectivity index (χ1) is 14.2. The summed E-state index contributed by atoms with van der Waals surface area (Å²) in [6.45, 7) is 3.67. The summed E-state index contributed by atoms with van der Waals surface area (Å²) in [5, 5.41) is 2.93. The van der Waals surface area contributed by atoms with E-state index in [0.717, 1.165) is 48.9 Å². The fraction of sp³-hybridized carbons (Fsp3) is 0.409. The molecule has 0 aromatic heterocycles. The van der Waals surface area contributed by atoms with Gasteiger partial charge in [0.15, 0.2) is 6.61 Å². The van der Waals surface area contributed by atoms with Crippen molar-refractivity contribution in [2.75, 3.05) is 11.9 Å². The van der Waals surface area contributed by atoms with E-state index in [1.54, 1.807) is 0 Å². The van der Waals surface area contributed by atoms with Gasteiger partial charge in [-0.2, -0.15) is 0 Å². The zero-order valence-corrected chi connectivity index (χ0v) is 18.8. The van der Waals surface area contributed by atoms with Gasteiger partial charge in [-0.15, -0.1) is 0 Å². The Hall–Kier alpha value is -2.09. The van der Waals surface area contributed by atoms with E-state index in [4.69, 9.17) is 16.3 Å². The fourth-order valence-corrected chi connectivity index (χ4v) is 5.19. The summed E-state index contributed by atoms with van der Waals surface area (Å²) in [5.41, 5.74) is 2.79. The molecule has 2 aromatic carbocycles. The maximum atomic E-state index is 12.6. The van der Waals surface area contributed by atoms with E-state index in [9.17, 15) is 13.2 Å². The van der Waals surface area contributed by atoms with Gasteiger partial charge < -0.3 is 10.1 Å². The van der Waals surface area contributed by atoms with E-state index in [2.05, 4.69) is 10.0 Å². The molecule has 8 heteroatoms. The van der Waals surface area contributed by atoms with Crippen molar-refractivity contribution in [2.45, 2.75) is 56.9 Å². The van der Waals surface area contributed by atoms with E-state index in [1.165, 1.54) is 18.2 Å². The molecule has 0 atom stereocenters. The maximum absolute atomic E-state index is 12.6. The largest absolute Gasteiger partial charge is 0.482 e. The lowest BCUT2D eigenvalue weighted by atomic mass is 9.96. The van der Waals surface area contributed by atoms with Crippen LogP contribution in [-0.2, 0) is 14.8 Å². The molecule has 0 unspecified atom stereocenters. The molecule has 3 rings (SSSR count). The number of carbonyl (C=O) groups is 1. The Morgan fingerprint density at radius 1 is 1.10 bits per heavy atom. The molecule has 0 aliphatic heterocycles. The van der Waals surface area contributed by atoms with Gasteiger partial charge >= 0.3 is 0 Å². The van der Waals surface area contributed by atoms with Crippen molar-refractivity contribution < 1.29 is 17.9 Å². The molecule has 0 saturated heterocycles. The number of aryl methyl sites for hydroxylation is 2. The van der Waals surface area contributed by atoms with E-state index >= 15 is 0 Å². The number of nitrogens with one attached hydrogen (secondary N) is 2. The quantitative estimate of drug-likeness (QED) is 0.646. The van der Waals surface area contributed by atoms with Gasteiger partial charge in [0.25, 0.3) is 5.91 Å². The Morgan fingerprint density at radius 3 is 2.50 bits per heavy atom. The third-order valence-electron chi connectivity index (χ3n) is 5.16. The van der Waals surface area contributed by atoms with Crippen molar-refractivity contribution in [3.8, 4) is 5.75 Å². The predicted octanol–water partition coefficient (Wildman–Crippen LogP) is 4.59. The van der Waals surface area contributed by atoms with E-state index < -0.39 is 10.0 Å². The van der Waals surface area contributed by atoms with Gasteiger partial charge in [0, 0.05) is 11.7 Å². The number of sulfonamides is 1. The predicted molar refractivity (Wildman–Crippen MR) is 119 cm³/mol. The number of anilines is 1. The molecule has 1 fully saturated rings. The Kier molecular flexibility index (Phi) is 7.39. The molecule has 1 amide bonds. The molecule has 1 aliphatic carbocycles. The molecule has 162 valence electrons. The summed E-state index contributed by atoms with van der Waals surface area (Å²) in [6.07, 6.45) is 4.91. The number of ether oxygens (including phenoxy) is 1. The minimum atomic E-state index is -3.65. The summed E-state index contributed by atoms with van der Waals surface area (Å²) in [6, 6.07) is 9.97. The molecule has 0 heterocycles. The Balaban J connectivity index is 1.60. The number of carbonyl (C=O) groups excluding carboxylic acids is 1. The standard InChI is InChI=1S/C22H27ClN2O4S/c1-15-8-10-20(16(2)12-15)24-22(26)14-29-21-11-9-18(13-19(21)23)30(27,28)25-17-6-4-3-5-7-17/h8-13,17,25H,3-7,14H2,1-2H3,(H,24,26). The molecular formula is C22H27ClN2O4S. The van der Waals surface area contributed by atoms with Gasteiger partial charge in [0.1, 0.15) is 5.75 Å². The fourth-order valence-electron chi connectivity index (χ4n) is 3.56. The lowest BCUT2D eigenvalue weighted by Gasteiger charge is -2.22. The molecule has 1 saturated carbocycles. The van der Waals surface area contributed by atoms with Crippen molar-refractivity contribution in [3.05, 3.63) is 52.5 Å². The summed E-state index contributed by atoms with van der Waals surface area (Å²) < 4.78 is 33.5. The second-order valence-electron chi connectivity index (χ2n) is 7.70. The van der Waals surface area contributed by atoms with Crippen LogP contribution in [0.25, 0.3) is 0 Å². The molecule has 2 aromatic rings. The Labute approximate surface area is 183 Å². The summed E-state index contributed by atoms with van der Waals surface area (Å²) in [4.78, 5) is 12.3. The first kappa shape index (κ1) is 22.6. The number of hydrogen-bond donors (Lipinski definition) is 2. The van der Waals surface area contributed by atoms with Gasteiger partial charge in [-0.3, -0.25) is 4.79 Å². The highest BCUT2D eigenvalue weighted by molar-refractivity contribution is 7.89. The van der Waals surface area contributed by atoms with Crippen LogP contribution in [0.2, 0.25) is 5.02 Å². The van der Waals surface area contributed by atoms with E-state index in [-0.39, 0.29) is 34.2 Å². The second kappa shape index (κ2) is 9.81. The highest BCUT2D eigenvalue weighted by atomic mass is 35.5. The molecule has 30 heavy (non-hydrogen) atoms. The summed E-state index contributed by atoms with van der Waals surface area (Å²) >= 11 is 6.22. The highest BCUT2D eigenvalue weighted by Crippen LogP contribution is 2.28. The SMILES string of the molecule is Cc1ccc(NC(=O)COc2ccc(S(=O)(=O)NC3CCCCC3)cc2Cl)c(C)c1. The second-order valence-corrected chi connectivity index (χ2v) is 9.82. The van der Waals surface area contributed by atoms with Gasteiger partial charge in [-0.25, -0.2) is 13.1 Å². The first-order valence-corrected chi connectivity index (χ1v) is 11.9. The molecule has 2 N–H and O–H groups in total. The molecule has 6 nitrogen and oxygen atoms in total. The topological polar surface area (TPSA) is 84.5 Å². The number of halogens is 1. The van der Waals surface area contributed by atoms with Crippen LogP contribution in [0.15, 0.2) is 41.3 Å². The number of amides is 1. The van der Waals surface area contributed by atoms with Crippen molar-refractivity contribution in [2.24, 2.45) is 0 Å². The van der Waals surface area contributed by atoms with Gasteiger partial charge in [-0.05, 0) is 56.5 Å².